The van der Waals surface area contributed by atoms with Gasteiger partial charge in [0.2, 0.25) is 0 Å². The molecule has 0 amide bonds. The third-order valence-corrected chi connectivity index (χ3v) is 4.48. The molecular formula is C13H19NO2S. The van der Waals surface area contributed by atoms with Gasteiger partial charge in [0.05, 0.1) is 0 Å². The van der Waals surface area contributed by atoms with Gasteiger partial charge in [-0.3, -0.25) is 0 Å². The number of aromatic carboxylic acids is 1. The van der Waals surface area contributed by atoms with Crippen LogP contribution in [0.15, 0.2) is 12.1 Å². The van der Waals surface area contributed by atoms with Crippen molar-refractivity contribution in [2.75, 3.05) is 0 Å². The van der Waals surface area contributed by atoms with E-state index in [-0.39, 0.29) is 0 Å². The van der Waals surface area contributed by atoms with Crippen LogP contribution in [0.3, 0.4) is 0 Å². The fraction of sp³-hybridized carbons (Fsp3) is 0.615. The van der Waals surface area contributed by atoms with Crippen LogP contribution in [0.1, 0.15) is 47.7 Å². The van der Waals surface area contributed by atoms with Gasteiger partial charge in [0, 0.05) is 17.5 Å². The van der Waals surface area contributed by atoms with E-state index >= 15 is 0 Å². The average Bonchev–Trinajstić information content (AvgIpc) is 2.81. The maximum atomic E-state index is 10.7. The van der Waals surface area contributed by atoms with Crippen molar-refractivity contribution in [3.63, 3.8) is 0 Å². The van der Waals surface area contributed by atoms with Gasteiger partial charge >= 0.3 is 5.97 Å². The van der Waals surface area contributed by atoms with Gasteiger partial charge in [0.1, 0.15) is 4.88 Å². The summed E-state index contributed by atoms with van der Waals surface area (Å²) in [5.74, 6) is -0.830. The molecule has 4 heteroatoms. The Labute approximate surface area is 106 Å². The van der Waals surface area contributed by atoms with Crippen LogP contribution in [0.2, 0.25) is 0 Å². The summed E-state index contributed by atoms with van der Waals surface area (Å²) < 4.78 is 0. The summed E-state index contributed by atoms with van der Waals surface area (Å²) in [4.78, 5) is 12.3. The van der Waals surface area contributed by atoms with Crippen LogP contribution in [0.4, 0.5) is 0 Å². The molecule has 1 heterocycles. The van der Waals surface area contributed by atoms with Gasteiger partial charge in [-0.1, -0.05) is 13.8 Å². The van der Waals surface area contributed by atoms with Gasteiger partial charge in [-0.05, 0) is 36.8 Å². The number of rotatable bonds is 4. The minimum Gasteiger partial charge on any atom is -0.477 e. The molecule has 0 radical (unpaired) electrons. The third-order valence-electron chi connectivity index (χ3n) is 3.41. The molecule has 1 fully saturated rings. The highest BCUT2D eigenvalue weighted by molar-refractivity contribution is 7.13. The Balaban J connectivity index is 1.84. The van der Waals surface area contributed by atoms with Crippen LogP contribution in [-0.4, -0.2) is 17.1 Å². The fourth-order valence-electron chi connectivity index (χ4n) is 2.44. The molecule has 2 N–H and O–H groups in total. The van der Waals surface area contributed by atoms with E-state index in [0.717, 1.165) is 11.4 Å². The first kappa shape index (κ1) is 12.6. The van der Waals surface area contributed by atoms with Crippen molar-refractivity contribution in [1.29, 1.82) is 0 Å². The van der Waals surface area contributed by atoms with E-state index in [2.05, 4.69) is 19.2 Å². The van der Waals surface area contributed by atoms with Crippen molar-refractivity contribution in [2.24, 2.45) is 5.41 Å². The van der Waals surface area contributed by atoms with E-state index in [1.807, 2.05) is 6.07 Å². The molecular weight excluding hydrogens is 234 g/mol. The molecule has 1 unspecified atom stereocenters. The highest BCUT2D eigenvalue weighted by Crippen LogP contribution is 2.37. The molecule has 94 valence electrons. The second kappa shape index (κ2) is 4.78. The van der Waals surface area contributed by atoms with E-state index < -0.39 is 5.97 Å². The first-order valence-corrected chi connectivity index (χ1v) is 6.83. The highest BCUT2D eigenvalue weighted by Gasteiger charge is 2.30. The van der Waals surface area contributed by atoms with Crippen LogP contribution < -0.4 is 5.32 Å². The Kier molecular flexibility index (Phi) is 3.54. The third kappa shape index (κ3) is 3.30. The molecule has 2 rings (SSSR count). The van der Waals surface area contributed by atoms with Gasteiger partial charge in [-0.25, -0.2) is 4.79 Å². The second-order valence-electron chi connectivity index (χ2n) is 5.56. The molecule has 3 nitrogen and oxygen atoms in total. The standard InChI is InChI=1S/C13H19NO2S/c1-13(2)6-5-9(7-13)14-8-10-3-4-11(17-10)12(15)16/h3-4,9,14H,5-8H2,1-2H3,(H,15,16). The van der Waals surface area contributed by atoms with Crippen LogP contribution in [0, 0.1) is 5.41 Å². The van der Waals surface area contributed by atoms with E-state index in [4.69, 9.17) is 5.11 Å². The number of nitrogens with one attached hydrogen (secondary N) is 1. The van der Waals surface area contributed by atoms with Crippen molar-refractivity contribution >= 4 is 17.3 Å². The van der Waals surface area contributed by atoms with Gasteiger partial charge in [-0.15, -0.1) is 11.3 Å². The van der Waals surface area contributed by atoms with Crippen LogP contribution in [-0.2, 0) is 6.54 Å². The number of thiophene rings is 1. The Hall–Kier alpha value is -0.870. The Morgan fingerprint density at radius 2 is 2.35 bits per heavy atom. The molecule has 0 spiro atoms. The summed E-state index contributed by atoms with van der Waals surface area (Å²) in [5.41, 5.74) is 0.458. The summed E-state index contributed by atoms with van der Waals surface area (Å²) in [6.45, 7) is 5.41. The van der Waals surface area contributed by atoms with Crippen molar-refractivity contribution in [3.8, 4) is 0 Å². The fourth-order valence-corrected chi connectivity index (χ4v) is 3.24. The minimum absolute atomic E-state index is 0.425. The maximum Gasteiger partial charge on any atom is 0.345 e. The number of carboxylic acid groups (broad SMARTS) is 1. The smallest absolute Gasteiger partial charge is 0.345 e. The zero-order chi connectivity index (χ0) is 12.5. The summed E-state index contributed by atoms with van der Waals surface area (Å²) >= 11 is 1.36. The largest absolute Gasteiger partial charge is 0.477 e. The minimum atomic E-state index is -0.830. The van der Waals surface area contributed by atoms with Crippen molar-refractivity contribution in [3.05, 3.63) is 21.9 Å². The monoisotopic (exact) mass is 253 g/mol. The van der Waals surface area contributed by atoms with Crippen LogP contribution >= 0.6 is 11.3 Å². The first-order chi connectivity index (χ1) is 7.96. The van der Waals surface area contributed by atoms with E-state index in [1.165, 1.54) is 30.6 Å². The van der Waals surface area contributed by atoms with Gasteiger partial charge in [0.25, 0.3) is 0 Å². The predicted octanol–water partition coefficient (Wildman–Crippen LogP) is 3.11. The lowest BCUT2D eigenvalue weighted by Gasteiger charge is -2.17. The molecule has 17 heavy (non-hydrogen) atoms. The molecule has 1 aromatic rings. The lowest BCUT2D eigenvalue weighted by Crippen LogP contribution is -2.26. The van der Waals surface area contributed by atoms with E-state index in [0.29, 0.717) is 16.3 Å². The lowest BCUT2D eigenvalue weighted by atomic mass is 9.92. The molecule has 0 bridgehead atoms. The summed E-state index contributed by atoms with van der Waals surface area (Å²) in [7, 11) is 0. The van der Waals surface area contributed by atoms with Crippen molar-refractivity contribution in [1.82, 2.24) is 5.32 Å². The van der Waals surface area contributed by atoms with Crippen molar-refractivity contribution < 1.29 is 9.90 Å². The SMILES string of the molecule is CC1(C)CCC(NCc2ccc(C(=O)O)s2)C1. The second-order valence-corrected chi connectivity index (χ2v) is 6.72. The Morgan fingerprint density at radius 3 is 2.88 bits per heavy atom. The van der Waals surface area contributed by atoms with Crippen LogP contribution in [0.5, 0.6) is 0 Å². The molecule has 0 aromatic carbocycles. The molecule has 1 aliphatic rings. The molecule has 0 saturated heterocycles. The zero-order valence-electron chi connectivity index (χ0n) is 10.3. The molecule has 1 saturated carbocycles. The quantitative estimate of drug-likeness (QED) is 0.866. The summed E-state index contributed by atoms with van der Waals surface area (Å²) in [6.07, 6.45) is 3.71. The predicted molar refractivity (Wildman–Crippen MR) is 69.5 cm³/mol. The maximum absolute atomic E-state index is 10.7. The Morgan fingerprint density at radius 1 is 1.59 bits per heavy atom. The number of carboxylic acids is 1. The van der Waals surface area contributed by atoms with Crippen molar-refractivity contribution in [2.45, 2.75) is 45.7 Å². The van der Waals surface area contributed by atoms with Crippen LogP contribution in [0.25, 0.3) is 0 Å². The number of hydrogen-bond acceptors (Lipinski definition) is 3. The molecule has 1 aliphatic carbocycles. The molecule has 1 atom stereocenters. The average molecular weight is 253 g/mol. The van der Waals surface area contributed by atoms with Gasteiger partial charge in [0.15, 0.2) is 0 Å². The van der Waals surface area contributed by atoms with E-state index in [9.17, 15) is 4.79 Å². The van der Waals surface area contributed by atoms with Gasteiger partial charge in [-0.2, -0.15) is 0 Å². The number of carbonyl (C=O) groups is 1. The Bertz CT molecular complexity index is 411. The zero-order valence-corrected chi connectivity index (χ0v) is 11.1. The topological polar surface area (TPSA) is 49.3 Å². The molecule has 0 aliphatic heterocycles. The summed E-state index contributed by atoms with van der Waals surface area (Å²) in [5, 5.41) is 12.4. The normalized spacial score (nSPS) is 22.8. The highest BCUT2D eigenvalue weighted by atomic mass is 32.1. The number of hydrogen-bond donors (Lipinski definition) is 2. The summed E-state index contributed by atoms with van der Waals surface area (Å²) in [6, 6.07) is 4.17. The van der Waals surface area contributed by atoms with E-state index in [1.54, 1.807) is 6.07 Å². The molecule has 1 aromatic heterocycles. The first-order valence-electron chi connectivity index (χ1n) is 6.02. The van der Waals surface area contributed by atoms with Gasteiger partial charge < -0.3 is 10.4 Å². The lowest BCUT2D eigenvalue weighted by molar-refractivity contribution is 0.0702.